The van der Waals surface area contributed by atoms with Crippen LogP contribution in [0.5, 0.6) is 0 Å². The molecule has 3 heteroatoms. The molecule has 3 nitrogen and oxygen atoms in total. The van der Waals surface area contributed by atoms with E-state index in [1.54, 1.807) is 0 Å². The van der Waals surface area contributed by atoms with Crippen molar-refractivity contribution < 1.29 is 5.11 Å². The summed E-state index contributed by atoms with van der Waals surface area (Å²) in [7, 11) is 2.20. The molecule has 0 radical (unpaired) electrons. The fourth-order valence-electron chi connectivity index (χ4n) is 3.08. The topological polar surface area (TPSA) is 26.7 Å². The van der Waals surface area contributed by atoms with Crippen molar-refractivity contribution in [3.63, 3.8) is 0 Å². The summed E-state index contributed by atoms with van der Waals surface area (Å²) in [5.74, 6) is 0. The van der Waals surface area contributed by atoms with E-state index in [4.69, 9.17) is 0 Å². The van der Waals surface area contributed by atoms with Crippen molar-refractivity contribution in [2.45, 2.75) is 57.2 Å². The Balaban J connectivity index is 1.99. The van der Waals surface area contributed by atoms with Crippen LogP contribution in [0.1, 0.15) is 39.5 Å². The lowest BCUT2D eigenvalue weighted by Crippen LogP contribution is -2.61. The van der Waals surface area contributed by atoms with Crippen LogP contribution in [0, 0.1) is 0 Å². The molecule has 1 saturated carbocycles. The van der Waals surface area contributed by atoms with Gasteiger partial charge >= 0.3 is 0 Å². The molecule has 0 bridgehead atoms. The molecular weight excluding hydrogens is 200 g/mol. The summed E-state index contributed by atoms with van der Waals surface area (Å²) in [5.41, 5.74) is 0.245. The summed E-state index contributed by atoms with van der Waals surface area (Å²) in [6.07, 6.45) is 4.58. The Labute approximate surface area is 99.4 Å². The van der Waals surface area contributed by atoms with Crippen molar-refractivity contribution in [2.75, 3.05) is 26.7 Å². The molecule has 0 aromatic heterocycles. The highest BCUT2D eigenvalue weighted by atomic mass is 16.3. The van der Waals surface area contributed by atoms with E-state index in [0.717, 1.165) is 26.1 Å². The predicted molar refractivity (Wildman–Crippen MR) is 66.5 cm³/mol. The summed E-state index contributed by atoms with van der Waals surface area (Å²) in [5, 5.41) is 10.1. The number of hydrogen-bond donors (Lipinski definition) is 1. The third-order valence-electron chi connectivity index (χ3n) is 4.51. The molecule has 0 aromatic rings. The van der Waals surface area contributed by atoms with Crippen LogP contribution in [0.15, 0.2) is 0 Å². The molecular formula is C13H26N2O. The zero-order chi connectivity index (χ0) is 11.8. The van der Waals surface area contributed by atoms with Crippen molar-refractivity contribution in [3.05, 3.63) is 0 Å². The Bertz CT molecular complexity index is 242. The maximum Gasteiger partial charge on any atom is 0.0695 e. The summed E-state index contributed by atoms with van der Waals surface area (Å²) in [6.45, 7) is 7.92. The van der Waals surface area contributed by atoms with Gasteiger partial charge in [0.05, 0.1) is 6.10 Å². The summed E-state index contributed by atoms with van der Waals surface area (Å²) in [6, 6.07) is 0.418. The molecule has 0 unspecified atom stereocenters. The molecule has 0 amide bonds. The number of rotatable bonds is 1. The third-order valence-corrected chi connectivity index (χ3v) is 4.51. The molecule has 0 spiro atoms. The highest BCUT2D eigenvalue weighted by Gasteiger charge is 2.37. The van der Waals surface area contributed by atoms with Gasteiger partial charge in [0.25, 0.3) is 0 Å². The first-order valence-corrected chi connectivity index (χ1v) is 6.64. The second kappa shape index (κ2) is 4.63. The Kier molecular flexibility index (Phi) is 3.57. The van der Waals surface area contributed by atoms with Gasteiger partial charge in [0.15, 0.2) is 0 Å². The maximum atomic E-state index is 10.1. The quantitative estimate of drug-likeness (QED) is 0.730. The lowest BCUT2D eigenvalue weighted by Gasteiger charge is -2.49. The minimum Gasteiger partial charge on any atom is -0.391 e. The lowest BCUT2D eigenvalue weighted by atomic mass is 9.89. The molecule has 1 N–H and O–H groups in total. The van der Waals surface area contributed by atoms with Crippen molar-refractivity contribution in [1.82, 2.24) is 9.80 Å². The van der Waals surface area contributed by atoms with Crippen molar-refractivity contribution in [1.29, 1.82) is 0 Å². The number of aliphatic hydroxyl groups excluding tert-OH is 1. The average Bonchev–Trinajstić information content (AvgIpc) is 2.23. The third kappa shape index (κ3) is 2.41. The van der Waals surface area contributed by atoms with Gasteiger partial charge in [-0.3, -0.25) is 9.80 Å². The summed E-state index contributed by atoms with van der Waals surface area (Å²) < 4.78 is 0. The van der Waals surface area contributed by atoms with Gasteiger partial charge in [0.2, 0.25) is 0 Å². The van der Waals surface area contributed by atoms with Gasteiger partial charge in [-0.1, -0.05) is 12.8 Å². The molecule has 1 aliphatic carbocycles. The molecule has 2 aliphatic rings. The van der Waals surface area contributed by atoms with Gasteiger partial charge in [0, 0.05) is 31.2 Å². The normalized spacial score (nSPS) is 37.5. The average molecular weight is 226 g/mol. The van der Waals surface area contributed by atoms with E-state index >= 15 is 0 Å². The number of aliphatic hydroxyl groups is 1. The number of piperazine rings is 1. The fraction of sp³-hybridized carbons (Fsp3) is 1.00. The molecule has 2 atom stereocenters. The smallest absolute Gasteiger partial charge is 0.0695 e. The second-order valence-corrected chi connectivity index (χ2v) is 6.12. The van der Waals surface area contributed by atoms with Gasteiger partial charge in [-0.25, -0.2) is 0 Å². The number of nitrogens with zero attached hydrogens (tertiary/aromatic N) is 2. The van der Waals surface area contributed by atoms with E-state index in [2.05, 4.69) is 30.7 Å². The summed E-state index contributed by atoms with van der Waals surface area (Å²) >= 11 is 0. The van der Waals surface area contributed by atoms with Gasteiger partial charge in [-0.15, -0.1) is 0 Å². The summed E-state index contributed by atoms with van der Waals surface area (Å²) in [4.78, 5) is 4.95. The van der Waals surface area contributed by atoms with Crippen LogP contribution >= 0.6 is 0 Å². The zero-order valence-corrected chi connectivity index (χ0v) is 10.9. The Hall–Kier alpha value is -0.120. The van der Waals surface area contributed by atoms with Gasteiger partial charge in [-0.05, 0) is 33.7 Å². The molecule has 1 saturated heterocycles. The zero-order valence-electron chi connectivity index (χ0n) is 10.9. The van der Waals surface area contributed by atoms with Crippen LogP contribution in [0.25, 0.3) is 0 Å². The lowest BCUT2D eigenvalue weighted by molar-refractivity contribution is -0.0380. The molecule has 1 aliphatic heterocycles. The first-order valence-electron chi connectivity index (χ1n) is 6.64. The van der Waals surface area contributed by atoms with Crippen LogP contribution < -0.4 is 0 Å². The van der Waals surface area contributed by atoms with E-state index in [9.17, 15) is 5.11 Å². The van der Waals surface area contributed by atoms with Crippen molar-refractivity contribution in [3.8, 4) is 0 Å². The second-order valence-electron chi connectivity index (χ2n) is 6.12. The van der Waals surface area contributed by atoms with E-state index in [1.165, 1.54) is 19.3 Å². The Morgan fingerprint density at radius 1 is 1.12 bits per heavy atom. The first-order chi connectivity index (χ1) is 7.50. The highest BCUT2D eigenvalue weighted by molar-refractivity contribution is 4.93. The first kappa shape index (κ1) is 12.3. The molecule has 16 heavy (non-hydrogen) atoms. The fourth-order valence-corrected chi connectivity index (χ4v) is 3.08. The molecule has 94 valence electrons. The van der Waals surface area contributed by atoms with E-state index in [1.807, 2.05) is 0 Å². The van der Waals surface area contributed by atoms with Crippen LogP contribution in [-0.2, 0) is 0 Å². The molecule has 1 heterocycles. The maximum absolute atomic E-state index is 10.1. The highest BCUT2D eigenvalue weighted by Crippen LogP contribution is 2.27. The van der Waals surface area contributed by atoms with Crippen LogP contribution in [0.2, 0.25) is 0 Å². The van der Waals surface area contributed by atoms with Crippen LogP contribution in [-0.4, -0.2) is 59.3 Å². The van der Waals surface area contributed by atoms with Gasteiger partial charge < -0.3 is 5.11 Å². The van der Waals surface area contributed by atoms with E-state index in [0.29, 0.717) is 6.04 Å². The van der Waals surface area contributed by atoms with E-state index in [-0.39, 0.29) is 11.6 Å². The number of hydrogen-bond acceptors (Lipinski definition) is 3. The molecule has 2 fully saturated rings. The predicted octanol–water partition coefficient (Wildman–Crippen LogP) is 1.32. The van der Waals surface area contributed by atoms with Crippen LogP contribution in [0.3, 0.4) is 0 Å². The van der Waals surface area contributed by atoms with Crippen molar-refractivity contribution in [2.24, 2.45) is 0 Å². The molecule has 0 aromatic carbocycles. The standard InChI is InChI=1S/C13H26N2O/c1-13(2)10-15(9-8-14(13)3)11-6-4-5-7-12(11)16/h11-12,16H,4-10H2,1-3H3/t11-,12-/m0/s1. The van der Waals surface area contributed by atoms with Crippen LogP contribution in [0.4, 0.5) is 0 Å². The Morgan fingerprint density at radius 2 is 1.81 bits per heavy atom. The largest absolute Gasteiger partial charge is 0.391 e. The van der Waals surface area contributed by atoms with Crippen molar-refractivity contribution >= 4 is 0 Å². The SMILES string of the molecule is CN1CCN([C@H]2CCCC[C@@H]2O)CC1(C)C. The molecule has 2 rings (SSSR count). The van der Waals surface area contributed by atoms with Gasteiger partial charge in [0.1, 0.15) is 0 Å². The monoisotopic (exact) mass is 226 g/mol. The van der Waals surface area contributed by atoms with E-state index < -0.39 is 0 Å². The minimum absolute atomic E-state index is 0.0899. The van der Waals surface area contributed by atoms with Gasteiger partial charge in [-0.2, -0.15) is 0 Å². The minimum atomic E-state index is -0.0899. The number of likely N-dealkylation sites (N-methyl/N-ethyl adjacent to an activating group) is 1. The Morgan fingerprint density at radius 3 is 2.44 bits per heavy atom.